The Morgan fingerprint density at radius 1 is 0.338 bits per heavy atom. The van der Waals surface area contributed by atoms with Crippen molar-refractivity contribution in [2.45, 2.75) is 79.7 Å². The average Bonchev–Trinajstić information content (AvgIpc) is 3.00. The van der Waals surface area contributed by atoms with Crippen molar-refractivity contribution in [2.24, 2.45) is 0 Å². The lowest BCUT2D eigenvalue weighted by molar-refractivity contribution is -0.0815. The van der Waals surface area contributed by atoms with Gasteiger partial charge in [0.1, 0.15) is 0 Å². The summed E-state index contributed by atoms with van der Waals surface area (Å²) in [4.78, 5) is 30.5. The van der Waals surface area contributed by atoms with Crippen LogP contribution in [0, 0.1) is 0 Å². The SMILES string of the molecule is CC1(C)OS(=O)(=O)C(C)(C)S(=O)(=O)O1.CC1(C)OS(=O)(=O)CS(=O)(=O)O1.CC1(C)S(=O)(=O)OC(=O)OS1(=O)=O.O=C1OS(=O)(=O)C(F)(F)S(=O)(=O)O1.O=C1OS(=O)(=O)CS(=O)(=O)O1.O=S1OS(=O)(=O)CS(=O)(=O)O1. The van der Waals surface area contributed by atoms with Gasteiger partial charge in [-0.1, -0.05) is 0 Å². The summed E-state index contributed by atoms with van der Waals surface area (Å²) in [6.45, 7) is 8.63. The number of halogens is 2. The number of hydrogen-bond donors (Lipinski definition) is 0. The monoisotopic (exact) mass is 1350 g/mol. The lowest BCUT2D eigenvalue weighted by Gasteiger charge is -2.36. The zero-order valence-corrected chi connectivity index (χ0v) is 47.1. The molecule has 0 saturated carbocycles. The first-order chi connectivity index (χ1) is 31.9. The first-order valence-corrected chi connectivity index (χ1v) is 35.4. The van der Waals surface area contributed by atoms with E-state index in [1.54, 1.807) is 0 Å². The summed E-state index contributed by atoms with van der Waals surface area (Å²) in [6.07, 6.45) is -5.72. The molecule has 0 aliphatic carbocycles. The quantitative estimate of drug-likeness (QED) is 0.206. The molecule has 6 rings (SSSR count). The Morgan fingerprint density at radius 2 is 0.568 bits per heavy atom. The Bertz CT molecular complexity index is 3340. The molecule has 0 aromatic heterocycles. The topological polar surface area (TPSA) is 589 Å². The highest BCUT2D eigenvalue weighted by molar-refractivity contribution is 8.12. The van der Waals surface area contributed by atoms with Crippen molar-refractivity contribution in [3.63, 3.8) is 0 Å². The molecule has 6 aliphatic rings. The summed E-state index contributed by atoms with van der Waals surface area (Å²) >= 11 is -2.76. The summed E-state index contributed by atoms with van der Waals surface area (Å²) in [7, 11) is -54.1. The molecule has 0 spiro atoms. The van der Waals surface area contributed by atoms with Crippen LogP contribution in [0.25, 0.3) is 0 Å². The van der Waals surface area contributed by atoms with Gasteiger partial charge in [-0.25, -0.2) is 31.1 Å². The maximum absolute atomic E-state index is 12.4. The van der Waals surface area contributed by atoms with Crippen LogP contribution >= 0.6 is 0 Å². The highest BCUT2D eigenvalue weighted by Gasteiger charge is 2.67. The first kappa shape index (κ1) is 69.0. The van der Waals surface area contributed by atoms with Crippen molar-refractivity contribution in [3.8, 4) is 0 Å². The minimum absolute atomic E-state index is 0.865. The highest BCUT2D eigenvalue weighted by Crippen LogP contribution is 2.39. The molecule has 6 saturated heterocycles. The van der Waals surface area contributed by atoms with Crippen molar-refractivity contribution in [3.05, 3.63) is 0 Å². The summed E-state index contributed by atoms with van der Waals surface area (Å²) in [5.41, 5.74) is 0. The van der Waals surface area contributed by atoms with E-state index in [1.807, 2.05) is 0 Å². The van der Waals surface area contributed by atoms with Crippen LogP contribution in [0.2, 0.25) is 0 Å². The molecule has 40 nitrogen and oxygen atoms in total. The Balaban J connectivity index is 0.000000445. The lowest BCUT2D eigenvalue weighted by atomic mass is 10.4. The molecule has 0 aromatic rings. The molecule has 0 radical (unpaired) electrons. The maximum atomic E-state index is 12.4. The normalized spacial score (nSPS) is 29.6. The van der Waals surface area contributed by atoms with Crippen molar-refractivity contribution in [1.82, 2.24) is 0 Å². The number of carbonyl (C=O) groups excluding carboxylic acids is 3. The fraction of sp³-hybridized carbons (Fsp3) is 0.842. The van der Waals surface area contributed by atoms with Gasteiger partial charge in [0.05, 0.1) is 0 Å². The van der Waals surface area contributed by atoms with Gasteiger partial charge in [0.2, 0.25) is 23.4 Å². The summed E-state index contributed by atoms with van der Waals surface area (Å²) in [5, 5.41) is -3.75. The third kappa shape index (κ3) is 18.0. The zero-order valence-electron chi connectivity index (χ0n) is 36.5. The van der Waals surface area contributed by atoms with E-state index in [0.29, 0.717) is 0 Å². The maximum Gasteiger partial charge on any atom is 0.540 e. The second-order valence-electron chi connectivity index (χ2n) is 14.4. The van der Waals surface area contributed by atoms with Gasteiger partial charge in [-0.15, -0.1) is 7.26 Å². The van der Waals surface area contributed by atoms with E-state index in [-0.39, 0.29) is 0 Å². The Kier molecular flexibility index (Phi) is 19.6. The van der Waals surface area contributed by atoms with Crippen LogP contribution in [0.15, 0.2) is 0 Å². The second kappa shape index (κ2) is 21.0. The van der Waals surface area contributed by atoms with Crippen LogP contribution < -0.4 is 0 Å². The zero-order chi connectivity index (χ0) is 59.4. The van der Waals surface area contributed by atoms with E-state index in [2.05, 4.69) is 49.1 Å². The van der Waals surface area contributed by atoms with Gasteiger partial charge in [0, 0.05) is 0 Å². The molecule has 6 heterocycles. The molecule has 0 aromatic carbocycles. The number of hydrogen-bond acceptors (Lipinski definition) is 40. The molecule has 6 aliphatic heterocycles. The fourth-order valence-electron chi connectivity index (χ4n) is 3.49. The highest BCUT2D eigenvalue weighted by atomic mass is 32.4. The predicted octanol–water partition coefficient (Wildman–Crippen LogP) is -4.54. The molecule has 0 unspecified atom stereocenters. The molecule has 74 heavy (non-hydrogen) atoms. The fourth-order valence-corrected chi connectivity index (χ4v) is 19.8. The van der Waals surface area contributed by atoms with E-state index in [0.717, 1.165) is 27.7 Å². The van der Waals surface area contributed by atoms with E-state index in [4.69, 9.17) is 0 Å². The van der Waals surface area contributed by atoms with Gasteiger partial charge in [-0.3, -0.25) is 0 Å². The minimum atomic E-state index is -5.81. The number of alkyl halides is 2. The molecular weight excluding hydrogens is 1320 g/mol. The smallest absolute Gasteiger partial charge is 0.310 e. The van der Waals surface area contributed by atoms with E-state index >= 15 is 0 Å². The standard InChI is InChI=1S/C6H12O6S2.C4H6O7S2.C4H8O6S2.C2F2O7S2.C2H2O7S2.CH2O7S3/c1-5(2)11-13(7,8)6(3,4)14(9,10)12-5;1-4(2)12(6,7)10-3(5)11-13(4,8)9;1-4(2)9-11(5,6)3-12(7,8)10-4;3-2(4)12(6,7)10-1(5)11-13(2,8)9;3-2-8-10(4,5)1-11(6,7)9-2;2-9-7-10(3,4)1-11(5,6)8-9/h1-4H3;1-2H3;3H2,1-2H3;;2*1H2. The molecule has 55 heteroatoms. The number of carbonyl (C=O) groups is 3. The van der Waals surface area contributed by atoms with E-state index < -0.39 is 191 Å². The largest absolute Gasteiger partial charge is 0.540 e. The summed E-state index contributed by atoms with van der Waals surface area (Å²) < 4.78 is 328. The van der Waals surface area contributed by atoms with Crippen molar-refractivity contribution in [1.29, 1.82) is 0 Å². The van der Waals surface area contributed by atoms with Crippen LogP contribution in [-0.4, -0.2) is 163 Å². The molecule has 0 amide bonds. The average molecular weight is 1350 g/mol. The van der Waals surface area contributed by atoms with Crippen molar-refractivity contribution < 1.29 is 177 Å². The van der Waals surface area contributed by atoms with Crippen LogP contribution in [0.4, 0.5) is 23.2 Å². The summed E-state index contributed by atoms with van der Waals surface area (Å²) in [5.74, 6) is -3.30. The van der Waals surface area contributed by atoms with E-state index in [9.17, 15) is 128 Å². The minimum Gasteiger partial charge on any atom is -0.310 e. The Morgan fingerprint density at radius 3 is 0.838 bits per heavy atom. The predicted molar refractivity (Wildman–Crippen MR) is 220 cm³/mol. The van der Waals surface area contributed by atoms with Gasteiger partial charge in [-0.2, -0.15) is 114 Å². The Labute approximate surface area is 420 Å². The first-order valence-electron chi connectivity index (χ1n) is 16.5. The third-order valence-corrected chi connectivity index (χ3v) is 30.4. The molecular formula is C19H30F2O40S13. The van der Waals surface area contributed by atoms with Gasteiger partial charge in [0.25, 0.3) is 60.7 Å². The van der Waals surface area contributed by atoms with Crippen LogP contribution in [-0.2, 0) is 182 Å². The van der Waals surface area contributed by atoms with Gasteiger partial charge in [-0.05, 0) is 55.4 Å². The third-order valence-electron chi connectivity index (χ3n) is 6.55. The molecule has 438 valence electrons. The van der Waals surface area contributed by atoms with Crippen LogP contribution in [0.3, 0.4) is 0 Å². The second-order valence-corrected chi connectivity index (χ2v) is 38.4. The van der Waals surface area contributed by atoms with Crippen LogP contribution in [0.1, 0.15) is 55.4 Å². The molecule has 0 bridgehead atoms. The molecule has 0 N–H and O–H groups in total. The Hall–Kier alpha value is -3.02. The molecule has 0 atom stereocenters. The van der Waals surface area contributed by atoms with Gasteiger partial charge in [0.15, 0.2) is 11.6 Å². The number of rotatable bonds is 0. The lowest BCUT2D eigenvalue weighted by Crippen LogP contribution is -2.54. The van der Waals surface area contributed by atoms with Crippen LogP contribution in [0.5, 0.6) is 0 Å². The van der Waals surface area contributed by atoms with Gasteiger partial charge >= 0.3 is 95.1 Å². The van der Waals surface area contributed by atoms with Gasteiger partial charge < -0.3 is 25.1 Å². The van der Waals surface area contributed by atoms with Crippen molar-refractivity contribution >= 4 is 151 Å². The van der Waals surface area contributed by atoms with Crippen molar-refractivity contribution in [2.75, 3.05) is 15.3 Å². The van der Waals surface area contributed by atoms with E-state index in [1.165, 1.54) is 27.7 Å². The summed E-state index contributed by atoms with van der Waals surface area (Å²) in [6, 6.07) is 0. The molecule has 6 fully saturated rings.